The van der Waals surface area contributed by atoms with Gasteiger partial charge in [-0.25, -0.2) is 4.79 Å². The molecule has 1 N–H and O–H groups in total. The average molecular weight is 285 g/mol. The SMILES string of the molecule is CCc1cc(OCC(=O)N(CC)CC)c(C(=O)O)s1. The fourth-order valence-electron chi connectivity index (χ4n) is 1.66. The highest BCUT2D eigenvalue weighted by atomic mass is 32.1. The minimum Gasteiger partial charge on any atom is -0.482 e. The van der Waals surface area contributed by atoms with Gasteiger partial charge < -0.3 is 14.7 Å². The lowest BCUT2D eigenvalue weighted by Crippen LogP contribution is -2.34. The van der Waals surface area contributed by atoms with E-state index in [1.807, 2.05) is 20.8 Å². The van der Waals surface area contributed by atoms with E-state index in [2.05, 4.69) is 0 Å². The van der Waals surface area contributed by atoms with Gasteiger partial charge in [0, 0.05) is 18.0 Å². The molecule has 0 radical (unpaired) electrons. The Morgan fingerprint density at radius 1 is 1.32 bits per heavy atom. The second kappa shape index (κ2) is 7.13. The standard InChI is InChI=1S/C13H19NO4S/c1-4-9-7-10(12(19-9)13(16)17)18-8-11(15)14(5-2)6-3/h7H,4-6,8H2,1-3H3,(H,16,17). The van der Waals surface area contributed by atoms with Crippen molar-refractivity contribution in [1.82, 2.24) is 4.90 Å². The molecule has 0 bridgehead atoms. The highest BCUT2D eigenvalue weighted by molar-refractivity contribution is 7.14. The highest BCUT2D eigenvalue weighted by Crippen LogP contribution is 2.29. The number of carboxylic acid groups (broad SMARTS) is 1. The summed E-state index contributed by atoms with van der Waals surface area (Å²) >= 11 is 1.19. The van der Waals surface area contributed by atoms with Crippen LogP contribution in [0.2, 0.25) is 0 Å². The molecule has 0 aliphatic heterocycles. The van der Waals surface area contributed by atoms with Gasteiger partial charge in [-0.15, -0.1) is 11.3 Å². The molecular weight excluding hydrogens is 266 g/mol. The van der Waals surface area contributed by atoms with Gasteiger partial charge in [0.1, 0.15) is 5.75 Å². The average Bonchev–Trinajstić information content (AvgIpc) is 2.81. The van der Waals surface area contributed by atoms with Crippen molar-refractivity contribution in [3.05, 3.63) is 15.8 Å². The van der Waals surface area contributed by atoms with Crippen LogP contribution in [0.15, 0.2) is 6.07 Å². The van der Waals surface area contributed by atoms with Crippen molar-refractivity contribution in [3.8, 4) is 5.75 Å². The van der Waals surface area contributed by atoms with E-state index < -0.39 is 5.97 Å². The van der Waals surface area contributed by atoms with E-state index in [4.69, 9.17) is 9.84 Å². The van der Waals surface area contributed by atoms with Gasteiger partial charge in [-0.05, 0) is 26.3 Å². The van der Waals surface area contributed by atoms with E-state index in [-0.39, 0.29) is 23.1 Å². The van der Waals surface area contributed by atoms with Crippen molar-refractivity contribution >= 4 is 23.2 Å². The third-order valence-corrected chi connectivity index (χ3v) is 4.01. The Labute approximate surface area is 116 Å². The molecule has 5 nitrogen and oxygen atoms in total. The van der Waals surface area contributed by atoms with Gasteiger partial charge in [-0.1, -0.05) is 6.92 Å². The molecule has 1 rings (SSSR count). The first-order valence-corrected chi connectivity index (χ1v) is 7.11. The maximum absolute atomic E-state index is 11.8. The summed E-state index contributed by atoms with van der Waals surface area (Å²) in [6.45, 7) is 6.85. The van der Waals surface area contributed by atoms with Crippen LogP contribution in [0.25, 0.3) is 0 Å². The number of carboxylic acids is 1. The van der Waals surface area contributed by atoms with Crippen LogP contribution in [0.4, 0.5) is 0 Å². The lowest BCUT2D eigenvalue weighted by atomic mass is 10.3. The fourth-order valence-corrected chi connectivity index (χ4v) is 2.54. The van der Waals surface area contributed by atoms with Crippen molar-refractivity contribution in [2.45, 2.75) is 27.2 Å². The molecule has 19 heavy (non-hydrogen) atoms. The van der Waals surface area contributed by atoms with E-state index >= 15 is 0 Å². The van der Waals surface area contributed by atoms with Crippen LogP contribution in [0.3, 0.4) is 0 Å². The molecule has 0 aliphatic carbocycles. The van der Waals surface area contributed by atoms with Crippen molar-refractivity contribution < 1.29 is 19.4 Å². The minimum atomic E-state index is -1.02. The number of hydrogen-bond acceptors (Lipinski definition) is 4. The first-order chi connectivity index (χ1) is 9.03. The third-order valence-electron chi connectivity index (χ3n) is 2.76. The summed E-state index contributed by atoms with van der Waals surface area (Å²) in [4.78, 5) is 25.6. The number of aryl methyl sites for hydroxylation is 1. The maximum Gasteiger partial charge on any atom is 0.349 e. The summed E-state index contributed by atoms with van der Waals surface area (Å²) in [7, 11) is 0. The molecule has 0 atom stereocenters. The molecule has 0 saturated heterocycles. The highest BCUT2D eigenvalue weighted by Gasteiger charge is 2.18. The number of amides is 1. The number of carbonyl (C=O) groups excluding carboxylic acids is 1. The van der Waals surface area contributed by atoms with Gasteiger partial charge in [0.2, 0.25) is 0 Å². The zero-order chi connectivity index (χ0) is 14.4. The molecule has 1 amide bonds. The van der Waals surface area contributed by atoms with Crippen LogP contribution in [-0.2, 0) is 11.2 Å². The normalized spacial score (nSPS) is 10.3. The Morgan fingerprint density at radius 3 is 2.42 bits per heavy atom. The van der Waals surface area contributed by atoms with Gasteiger partial charge in [0.05, 0.1) is 0 Å². The topological polar surface area (TPSA) is 66.8 Å². The second-order valence-corrected chi connectivity index (χ2v) is 5.06. The molecule has 0 saturated carbocycles. The van der Waals surface area contributed by atoms with E-state index in [9.17, 15) is 9.59 Å². The fraction of sp³-hybridized carbons (Fsp3) is 0.538. The Morgan fingerprint density at radius 2 is 1.95 bits per heavy atom. The van der Waals surface area contributed by atoms with Crippen LogP contribution < -0.4 is 4.74 Å². The zero-order valence-electron chi connectivity index (χ0n) is 11.4. The Bertz CT molecular complexity index is 451. The van der Waals surface area contributed by atoms with Crippen LogP contribution in [0, 0.1) is 0 Å². The Balaban J connectivity index is 2.74. The molecule has 0 aliphatic rings. The van der Waals surface area contributed by atoms with Crippen LogP contribution in [0.1, 0.15) is 35.3 Å². The first-order valence-electron chi connectivity index (χ1n) is 6.29. The van der Waals surface area contributed by atoms with Gasteiger partial charge in [0.15, 0.2) is 11.5 Å². The number of ether oxygens (including phenoxy) is 1. The number of aromatic carboxylic acids is 1. The zero-order valence-corrected chi connectivity index (χ0v) is 12.2. The summed E-state index contributed by atoms with van der Waals surface area (Å²) in [5, 5.41) is 9.08. The van der Waals surface area contributed by atoms with Gasteiger partial charge >= 0.3 is 5.97 Å². The largest absolute Gasteiger partial charge is 0.482 e. The molecule has 0 spiro atoms. The van der Waals surface area contributed by atoms with E-state index in [0.717, 1.165) is 11.3 Å². The van der Waals surface area contributed by atoms with Crippen LogP contribution >= 0.6 is 11.3 Å². The minimum absolute atomic E-state index is 0.123. The predicted octanol–water partition coefficient (Wildman–Crippen LogP) is 2.26. The molecule has 1 aromatic rings. The molecule has 6 heteroatoms. The quantitative estimate of drug-likeness (QED) is 0.834. The van der Waals surface area contributed by atoms with E-state index in [1.165, 1.54) is 11.3 Å². The van der Waals surface area contributed by atoms with Crippen molar-refractivity contribution in [2.75, 3.05) is 19.7 Å². The molecule has 106 valence electrons. The summed E-state index contributed by atoms with van der Waals surface area (Å²) < 4.78 is 5.37. The Kier molecular flexibility index (Phi) is 5.82. The summed E-state index contributed by atoms with van der Waals surface area (Å²) in [6.07, 6.45) is 0.748. The van der Waals surface area contributed by atoms with Crippen LogP contribution in [-0.4, -0.2) is 41.6 Å². The smallest absolute Gasteiger partial charge is 0.349 e. The van der Waals surface area contributed by atoms with E-state index in [0.29, 0.717) is 13.1 Å². The van der Waals surface area contributed by atoms with Gasteiger partial charge in [-0.2, -0.15) is 0 Å². The number of nitrogens with zero attached hydrogens (tertiary/aromatic N) is 1. The van der Waals surface area contributed by atoms with Crippen molar-refractivity contribution in [3.63, 3.8) is 0 Å². The second-order valence-electron chi connectivity index (χ2n) is 3.92. The number of hydrogen-bond donors (Lipinski definition) is 1. The summed E-state index contributed by atoms with van der Waals surface area (Å²) in [6, 6.07) is 1.70. The molecule has 0 fully saturated rings. The van der Waals surface area contributed by atoms with Crippen molar-refractivity contribution in [1.29, 1.82) is 0 Å². The number of likely N-dealkylation sites (N-methyl/N-ethyl adjacent to an activating group) is 1. The van der Waals surface area contributed by atoms with Crippen LogP contribution in [0.5, 0.6) is 5.75 Å². The summed E-state index contributed by atoms with van der Waals surface area (Å²) in [5.74, 6) is -0.865. The molecule has 1 heterocycles. The van der Waals surface area contributed by atoms with Gasteiger partial charge in [0.25, 0.3) is 5.91 Å². The lowest BCUT2D eigenvalue weighted by molar-refractivity contribution is -0.132. The number of carbonyl (C=O) groups is 2. The molecule has 0 unspecified atom stereocenters. The molecule has 0 aromatic carbocycles. The number of rotatable bonds is 7. The molecule has 1 aromatic heterocycles. The molecular formula is C13H19NO4S. The lowest BCUT2D eigenvalue weighted by Gasteiger charge is -2.18. The monoisotopic (exact) mass is 285 g/mol. The maximum atomic E-state index is 11.8. The predicted molar refractivity (Wildman–Crippen MR) is 74.1 cm³/mol. The van der Waals surface area contributed by atoms with Crippen molar-refractivity contribution in [2.24, 2.45) is 0 Å². The van der Waals surface area contributed by atoms with E-state index in [1.54, 1.807) is 11.0 Å². The Hall–Kier alpha value is -1.56. The van der Waals surface area contributed by atoms with Gasteiger partial charge in [-0.3, -0.25) is 4.79 Å². The first kappa shape index (κ1) is 15.5. The summed E-state index contributed by atoms with van der Waals surface area (Å²) in [5.41, 5.74) is 0. The number of thiophene rings is 1. The third kappa shape index (κ3) is 3.96.